The van der Waals surface area contributed by atoms with Gasteiger partial charge in [-0.3, -0.25) is 0 Å². The highest BCUT2D eigenvalue weighted by molar-refractivity contribution is 5.51. The van der Waals surface area contributed by atoms with Gasteiger partial charge in [0, 0.05) is 6.04 Å². The Labute approximate surface area is 141 Å². The molecule has 2 aliphatic heterocycles. The SMILES string of the molecule is COc1ccc(OC)c(CC2NCCc3cc4c(cc32)OCO4)c1. The Balaban J connectivity index is 1.67. The minimum absolute atomic E-state index is 0.212. The van der Waals surface area contributed by atoms with Crippen molar-refractivity contribution in [1.82, 2.24) is 5.32 Å². The van der Waals surface area contributed by atoms with Crippen LogP contribution in [0.2, 0.25) is 0 Å². The van der Waals surface area contributed by atoms with Gasteiger partial charge in [0.05, 0.1) is 14.2 Å². The number of nitrogens with one attached hydrogen (secondary N) is 1. The molecule has 0 saturated carbocycles. The Bertz CT molecular complexity index is 759. The average molecular weight is 327 g/mol. The number of fused-ring (bicyclic) bond motifs is 2. The van der Waals surface area contributed by atoms with Crippen molar-refractivity contribution in [1.29, 1.82) is 0 Å². The first kappa shape index (κ1) is 15.1. The average Bonchev–Trinajstić information content (AvgIpc) is 3.07. The smallest absolute Gasteiger partial charge is 0.231 e. The molecular weight excluding hydrogens is 306 g/mol. The first-order valence-corrected chi connectivity index (χ1v) is 8.15. The Kier molecular flexibility index (Phi) is 3.94. The summed E-state index contributed by atoms with van der Waals surface area (Å²) in [6, 6.07) is 10.4. The van der Waals surface area contributed by atoms with E-state index in [4.69, 9.17) is 18.9 Å². The maximum Gasteiger partial charge on any atom is 0.231 e. The van der Waals surface area contributed by atoms with E-state index in [1.54, 1.807) is 14.2 Å². The third-order valence-corrected chi connectivity index (χ3v) is 4.71. The molecule has 0 aliphatic carbocycles. The second-order valence-electron chi connectivity index (χ2n) is 6.04. The van der Waals surface area contributed by atoms with E-state index in [0.29, 0.717) is 6.79 Å². The highest BCUT2D eigenvalue weighted by Crippen LogP contribution is 2.39. The zero-order chi connectivity index (χ0) is 16.5. The fourth-order valence-electron chi connectivity index (χ4n) is 3.48. The van der Waals surface area contributed by atoms with Gasteiger partial charge < -0.3 is 24.3 Å². The molecule has 2 aliphatic rings. The Morgan fingerprint density at radius 1 is 1.08 bits per heavy atom. The van der Waals surface area contributed by atoms with E-state index >= 15 is 0 Å². The number of hydrogen-bond acceptors (Lipinski definition) is 5. The van der Waals surface area contributed by atoms with E-state index in [2.05, 4.69) is 17.4 Å². The fourth-order valence-corrected chi connectivity index (χ4v) is 3.48. The van der Waals surface area contributed by atoms with Gasteiger partial charge in [0.15, 0.2) is 11.5 Å². The summed E-state index contributed by atoms with van der Waals surface area (Å²) in [7, 11) is 3.38. The van der Waals surface area contributed by atoms with E-state index in [0.717, 1.165) is 47.9 Å². The summed E-state index contributed by atoms with van der Waals surface area (Å²) in [5.41, 5.74) is 3.72. The second kappa shape index (κ2) is 6.24. The lowest BCUT2D eigenvalue weighted by Gasteiger charge is -2.28. The van der Waals surface area contributed by atoms with Crippen molar-refractivity contribution in [2.75, 3.05) is 27.6 Å². The Morgan fingerprint density at radius 3 is 2.71 bits per heavy atom. The van der Waals surface area contributed by atoms with Crippen LogP contribution in [0.5, 0.6) is 23.0 Å². The van der Waals surface area contributed by atoms with Crippen LogP contribution < -0.4 is 24.3 Å². The monoisotopic (exact) mass is 327 g/mol. The van der Waals surface area contributed by atoms with Crippen molar-refractivity contribution in [3.05, 3.63) is 47.0 Å². The first-order chi connectivity index (χ1) is 11.8. The molecule has 1 atom stereocenters. The van der Waals surface area contributed by atoms with Gasteiger partial charge in [0.1, 0.15) is 11.5 Å². The van der Waals surface area contributed by atoms with Crippen LogP contribution in [0.15, 0.2) is 30.3 Å². The van der Waals surface area contributed by atoms with Crippen LogP contribution >= 0.6 is 0 Å². The number of hydrogen-bond donors (Lipinski definition) is 1. The summed E-state index contributed by atoms with van der Waals surface area (Å²) >= 11 is 0. The van der Waals surface area contributed by atoms with Crippen LogP contribution in [0.4, 0.5) is 0 Å². The fraction of sp³-hybridized carbons (Fsp3) is 0.368. The molecule has 0 saturated heterocycles. The molecular formula is C19H21NO4. The third kappa shape index (κ3) is 2.65. The van der Waals surface area contributed by atoms with Crippen LogP contribution in [0.3, 0.4) is 0 Å². The maximum atomic E-state index is 5.55. The molecule has 0 amide bonds. The summed E-state index contributed by atoms with van der Waals surface area (Å²) in [5, 5.41) is 3.61. The summed E-state index contributed by atoms with van der Waals surface area (Å²) in [6.45, 7) is 1.25. The van der Waals surface area contributed by atoms with Gasteiger partial charge in [-0.1, -0.05) is 0 Å². The maximum absolute atomic E-state index is 5.55. The molecule has 0 spiro atoms. The predicted octanol–water partition coefficient (Wildman–Crippen LogP) is 2.86. The van der Waals surface area contributed by atoms with Crippen molar-refractivity contribution >= 4 is 0 Å². The number of methoxy groups -OCH3 is 2. The standard InChI is InChI=1S/C19H21NO4/c1-21-14-3-4-17(22-2)13(7-14)8-16-15-10-19-18(23-11-24-19)9-12(15)5-6-20-16/h3-4,7,9-10,16,20H,5-6,8,11H2,1-2H3. The molecule has 126 valence electrons. The highest BCUT2D eigenvalue weighted by Gasteiger charge is 2.25. The van der Waals surface area contributed by atoms with Gasteiger partial charge >= 0.3 is 0 Å². The summed E-state index contributed by atoms with van der Waals surface area (Å²) < 4.78 is 21.9. The molecule has 2 aromatic rings. The van der Waals surface area contributed by atoms with E-state index in [9.17, 15) is 0 Å². The van der Waals surface area contributed by atoms with Crippen molar-refractivity contribution in [3.63, 3.8) is 0 Å². The van der Waals surface area contributed by atoms with Crippen LogP contribution in [0.25, 0.3) is 0 Å². The van der Waals surface area contributed by atoms with E-state index < -0.39 is 0 Å². The largest absolute Gasteiger partial charge is 0.497 e. The van der Waals surface area contributed by atoms with Gasteiger partial charge in [0.2, 0.25) is 6.79 Å². The van der Waals surface area contributed by atoms with Gasteiger partial charge in [-0.2, -0.15) is 0 Å². The zero-order valence-electron chi connectivity index (χ0n) is 13.9. The van der Waals surface area contributed by atoms with Crippen molar-refractivity contribution in [2.24, 2.45) is 0 Å². The minimum Gasteiger partial charge on any atom is -0.497 e. The Morgan fingerprint density at radius 2 is 1.92 bits per heavy atom. The van der Waals surface area contributed by atoms with Crippen molar-refractivity contribution < 1.29 is 18.9 Å². The van der Waals surface area contributed by atoms with E-state index in [-0.39, 0.29) is 6.04 Å². The highest BCUT2D eigenvalue weighted by atomic mass is 16.7. The molecule has 0 aromatic heterocycles. The predicted molar refractivity (Wildman–Crippen MR) is 90.3 cm³/mol. The molecule has 5 heteroatoms. The van der Waals surface area contributed by atoms with Gasteiger partial charge in [-0.05, 0) is 66.4 Å². The molecule has 5 nitrogen and oxygen atoms in total. The summed E-state index contributed by atoms with van der Waals surface area (Å²) in [5.74, 6) is 3.41. The lowest BCUT2D eigenvalue weighted by molar-refractivity contribution is 0.174. The molecule has 2 heterocycles. The normalized spacial score (nSPS) is 18.2. The van der Waals surface area contributed by atoms with Crippen molar-refractivity contribution in [2.45, 2.75) is 18.9 Å². The van der Waals surface area contributed by atoms with Gasteiger partial charge in [-0.15, -0.1) is 0 Å². The quantitative estimate of drug-likeness (QED) is 0.936. The first-order valence-electron chi connectivity index (χ1n) is 8.15. The van der Waals surface area contributed by atoms with Crippen molar-refractivity contribution in [3.8, 4) is 23.0 Å². The molecule has 1 N–H and O–H groups in total. The Hall–Kier alpha value is -2.40. The molecule has 2 aromatic carbocycles. The number of ether oxygens (including phenoxy) is 4. The summed E-state index contributed by atoms with van der Waals surface area (Å²) in [4.78, 5) is 0. The van der Waals surface area contributed by atoms with Crippen LogP contribution in [-0.4, -0.2) is 27.6 Å². The summed E-state index contributed by atoms with van der Waals surface area (Å²) in [6.07, 6.45) is 1.82. The topological polar surface area (TPSA) is 49.0 Å². The third-order valence-electron chi connectivity index (χ3n) is 4.71. The van der Waals surface area contributed by atoms with Crippen LogP contribution in [0.1, 0.15) is 22.7 Å². The zero-order valence-corrected chi connectivity index (χ0v) is 13.9. The second-order valence-corrected chi connectivity index (χ2v) is 6.04. The molecule has 24 heavy (non-hydrogen) atoms. The molecule has 4 rings (SSSR count). The molecule has 0 fully saturated rings. The lowest BCUT2D eigenvalue weighted by atomic mass is 9.89. The van der Waals surface area contributed by atoms with Crippen LogP contribution in [-0.2, 0) is 12.8 Å². The van der Waals surface area contributed by atoms with Gasteiger partial charge in [0.25, 0.3) is 0 Å². The van der Waals surface area contributed by atoms with Crippen LogP contribution in [0, 0.1) is 0 Å². The number of benzene rings is 2. The lowest BCUT2D eigenvalue weighted by Crippen LogP contribution is -2.31. The minimum atomic E-state index is 0.212. The molecule has 0 bridgehead atoms. The molecule has 1 unspecified atom stereocenters. The van der Waals surface area contributed by atoms with Gasteiger partial charge in [-0.25, -0.2) is 0 Å². The molecule has 0 radical (unpaired) electrons. The van der Waals surface area contributed by atoms with E-state index in [1.165, 1.54) is 11.1 Å². The van der Waals surface area contributed by atoms with E-state index in [1.807, 2.05) is 18.2 Å². The number of rotatable bonds is 4.